The van der Waals surface area contributed by atoms with Gasteiger partial charge in [-0.1, -0.05) is 48.0 Å². The normalized spacial score (nSPS) is 16.3. The molecular weight excluding hydrogens is 481 g/mol. The van der Waals surface area contributed by atoms with Crippen LogP contribution in [-0.4, -0.2) is 40.6 Å². The maximum absolute atomic E-state index is 13.2. The van der Waals surface area contributed by atoms with Gasteiger partial charge < -0.3 is 14.7 Å². The number of aliphatic carboxylic acids is 1. The standard InChI is InChI=1S/C29H29ClFNO4/c1-29(17-21-6-11-25(31)12-7-21)18-23-15-22(8-13-26(23)36-29)16-27(33)32(19-28(34)35)14-2-3-20-4-9-24(30)10-5-20/h4-13,15H,2-3,14,16-19H2,1H3,(H,34,35)/t29-/m1/s1. The highest BCUT2D eigenvalue weighted by Crippen LogP contribution is 2.37. The molecule has 0 aromatic heterocycles. The molecule has 0 radical (unpaired) electrons. The van der Waals surface area contributed by atoms with Gasteiger partial charge in [-0.2, -0.15) is 0 Å². The Morgan fingerprint density at radius 3 is 2.39 bits per heavy atom. The van der Waals surface area contributed by atoms with Gasteiger partial charge in [-0.25, -0.2) is 4.39 Å². The Bertz CT molecular complexity index is 1230. The fourth-order valence-electron chi connectivity index (χ4n) is 4.68. The summed E-state index contributed by atoms with van der Waals surface area (Å²) in [4.78, 5) is 25.8. The third-order valence-corrected chi connectivity index (χ3v) is 6.63. The van der Waals surface area contributed by atoms with Crippen LogP contribution in [0.2, 0.25) is 5.02 Å². The van der Waals surface area contributed by atoms with E-state index in [4.69, 9.17) is 16.3 Å². The first-order chi connectivity index (χ1) is 17.2. The number of carboxylic acids is 1. The lowest BCUT2D eigenvalue weighted by Crippen LogP contribution is -2.37. The molecule has 1 aliphatic rings. The minimum Gasteiger partial charge on any atom is -0.487 e. The maximum Gasteiger partial charge on any atom is 0.323 e. The second-order valence-corrected chi connectivity index (χ2v) is 10.0. The SMILES string of the molecule is C[C@@]1(Cc2ccc(F)cc2)Cc2cc(CC(=O)N(CCCc3ccc(Cl)cc3)CC(=O)O)ccc2O1. The number of aryl methyl sites for hydroxylation is 1. The van der Waals surface area contributed by atoms with Gasteiger partial charge in [-0.3, -0.25) is 9.59 Å². The topological polar surface area (TPSA) is 66.8 Å². The smallest absolute Gasteiger partial charge is 0.323 e. The van der Waals surface area contributed by atoms with Crippen molar-refractivity contribution < 1.29 is 23.8 Å². The van der Waals surface area contributed by atoms with Gasteiger partial charge >= 0.3 is 5.97 Å². The van der Waals surface area contributed by atoms with Gasteiger partial charge in [0, 0.05) is 24.4 Å². The molecule has 0 aliphatic carbocycles. The van der Waals surface area contributed by atoms with Crippen molar-refractivity contribution in [1.29, 1.82) is 0 Å². The molecule has 1 atom stereocenters. The van der Waals surface area contributed by atoms with Crippen LogP contribution in [0.5, 0.6) is 5.75 Å². The number of carboxylic acid groups (broad SMARTS) is 1. The van der Waals surface area contributed by atoms with E-state index in [1.54, 1.807) is 12.1 Å². The minimum absolute atomic E-state index is 0.121. The zero-order valence-electron chi connectivity index (χ0n) is 20.2. The van der Waals surface area contributed by atoms with Crippen molar-refractivity contribution in [3.05, 3.63) is 99.8 Å². The van der Waals surface area contributed by atoms with Crippen LogP contribution in [0, 0.1) is 5.82 Å². The summed E-state index contributed by atoms with van der Waals surface area (Å²) < 4.78 is 19.5. The number of ether oxygens (including phenoxy) is 1. The van der Waals surface area contributed by atoms with Crippen LogP contribution in [0.25, 0.3) is 0 Å². The quantitative estimate of drug-likeness (QED) is 0.391. The highest BCUT2D eigenvalue weighted by atomic mass is 35.5. The van der Waals surface area contributed by atoms with Crippen LogP contribution in [0.1, 0.15) is 35.6 Å². The number of halogens is 2. The molecule has 1 N–H and O–H groups in total. The summed E-state index contributed by atoms with van der Waals surface area (Å²) in [6.45, 7) is 2.05. The summed E-state index contributed by atoms with van der Waals surface area (Å²) in [7, 11) is 0. The first-order valence-corrected chi connectivity index (χ1v) is 12.4. The van der Waals surface area contributed by atoms with Gasteiger partial charge in [0.25, 0.3) is 0 Å². The number of rotatable bonds is 10. The lowest BCUT2D eigenvalue weighted by atomic mass is 9.91. The predicted octanol–water partition coefficient (Wildman–Crippen LogP) is 5.50. The highest BCUT2D eigenvalue weighted by molar-refractivity contribution is 6.30. The molecule has 4 rings (SSSR count). The molecule has 7 heteroatoms. The van der Waals surface area contributed by atoms with E-state index in [-0.39, 0.29) is 24.7 Å². The number of benzene rings is 3. The van der Waals surface area contributed by atoms with Gasteiger partial charge in [0.2, 0.25) is 5.91 Å². The first kappa shape index (κ1) is 25.7. The van der Waals surface area contributed by atoms with Crippen LogP contribution in [0.15, 0.2) is 66.7 Å². The fraction of sp³-hybridized carbons (Fsp3) is 0.310. The Morgan fingerprint density at radius 2 is 1.69 bits per heavy atom. The van der Waals surface area contributed by atoms with Crippen LogP contribution < -0.4 is 4.74 Å². The van der Waals surface area contributed by atoms with E-state index in [0.717, 1.165) is 34.4 Å². The maximum atomic E-state index is 13.2. The summed E-state index contributed by atoms with van der Waals surface area (Å²) >= 11 is 5.93. The van der Waals surface area contributed by atoms with Crippen LogP contribution in [0.3, 0.4) is 0 Å². The predicted molar refractivity (Wildman–Crippen MR) is 137 cm³/mol. The van der Waals surface area contributed by atoms with Crippen molar-refractivity contribution in [1.82, 2.24) is 4.90 Å². The summed E-state index contributed by atoms with van der Waals surface area (Å²) in [6.07, 6.45) is 2.80. The summed E-state index contributed by atoms with van der Waals surface area (Å²) in [6, 6.07) is 19.6. The molecule has 0 fully saturated rings. The Hall–Kier alpha value is -3.38. The van der Waals surface area contributed by atoms with Crippen molar-refractivity contribution >= 4 is 23.5 Å². The zero-order valence-corrected chi connectivity index (χ0v) is 20.9. The van der Waals surface area contributed by atoms with E-state index in [1.165, 1.54) is 17.0 Å². The Morgan fingerprint density at radius 1 is 1.03 bits per heavy atom. The molecule has 0 unspecified atom stereocenters. The molecule has 1 heterocycles. The Labute approximate surface area is 215 Å². The third-order valence-electron chi connectivity index (χ3n) is 6.38. The lowest BCUT2D eigenvalue weighted by molar-refractivity contribution is -0.144. The number of amides is 1. The second-order valence-electron chi connectivity index (χ2n) is 9.59. The van der Waals surface area contributed by atoms with E-state index < -0.39 is 11.6 Å². The van der Waals surface area contributed by atoms with E-state index >= 15 is 0 Å². The largest absolute Gasteiger partial charge is 0.487 e. The van der Waals surface area contributed by atoms with E-state index in [0.29, 0.717) is 30.8 Å². The molecule has 36 heavy (non-hydrogen) atoms. The molecule has 1 amide bonds. The van der Waals surface area contributed by atoms with E-state index in [1.807, 2.05) is 49.4 Å². The zero-order chi connectivity index (χ0) is 25.7. The van der Waals surface area contributed by atoms with Crippen LogP contribution >= 0.6 is 11.6 Å². The Balaban J connectivity index is 1.37. The van der Waals surface area contributed by atoms with Crippen molar-refractivity contribution in [2.45, 2.75) is 44.6 Å². The van der Waals surface area contributed by atoms with Crippen molar-refractivity contribution in [3.63, 3.8) is 0 Å². The molecular formula is C29H29ClFNO4. The van der Waals surface area contributed by atoms with Gasteiger partial charge in [-0.15, -0.1) is 0 Å². The number of hydrogen-bond acceptors (Lipinski definition) is 3. The first-order valence-electron chi connectivity index (χ1n) is 12.0. The third kappa shape index (κ3) is 6.85. The van der Waals surface area contributed by atoms with Crippen molar-refractivity contribution in [2.24, 2.45) is 0 Å². The average molecular weight is 510 g/mol. The monoisotopic (exact) mass is 509 g/mol. The molecule has 0 saturated heterocycles. The second kappa shape index (κ2) is 11.1. The van der Waals surface area contributed by atoms with Gasteiger partial charge in [0.1, 0.15) is 23.7 Å². The van der Waals surface area contributed by atoms with Crippen LogP contribution in [-0.2, 0) is 35.3 Å². The average Bonchev–Trinajstić information content (AvgIpc) is 3.16. The minimum atomic E-state index is -1.03. The summed E-state index contributed by atoms with van der Waals surface area (Å²) in [5, 5.41) is 9.98. The lowest BCUT2D eigenvalue weighted by Gasteiger charge is -2.24. The number of carbonyl (C=O) groups is 2. The number of carbonyl (C=O) groups excluding carboxylic acids is 1. The van der Waals surface area contributed by atoms with Crippen LogP contribution in [0.4, 0.5) is 4.39 Å². The van der Waals surface area contributed by atoms with Gasteiger partial charge in [0.15, 0.2) is 0 Å². The Kier molecular flexibility index (Phi) is 7.94. The van der Waals surface area contributed by atoms with Gasteiger partial charge in [0.05, 0.1) is 6.42 Å². The number of nitrogens with zero attached hydrogens (tertiary/aromatic N) is 1. The molecule has 188 valence electrons. The summed E-state index contributed by atoms with van der Waals surface area (Å²) in [5.41, 5.74) is 3.45. The molecule has 0 bridgehead atoms. The molecule has 0 spiro atoms. The van der Waals surface area contributed by atoms with E-state index in [2.05, 4.69) is 0 Å². The number of hydrogen-bond donors (Lipinski definition) is 1. The molecule has 3 aromatic rings. The number of fused-ring (bicyclic) bond motifs is 1. The van der Waals surface area contributed by atoms with E-state index in [9.17, 15) is 19.1 Å². The molecule has 0 saturated carbocycles. The molecule has 3 aromatic carbocycles. The fourth-order valence-corrected chi connectivity index (χ4v) is 4.81. The molecule has 1 aliphatic heterocycles. The highest BCUT2D eigenvalue weighted by Gasteiger charge is 2.35. The van der Waals surface area contributed by atoms with Crippen molar-refractivity contribution in [3.8, 4) is 5.75 Å². The summed E-state index contributed by atoms with van der Waals surface area (Å²) in [5.74, 6) is -0.743. The molecule has 5 nitrogen and oxygen atoms in total. The van der Waals surface area contributed by atoms with Gasteiger partial charge in [-0.05, 0) is 72.4 Å². The van der Waals surface area contributed by atoms with Crippen molar-refractivity contribution in [2.75, 3.05) is 13.1 Å².